The zero-order chi connectivity index (χ0) is 15.4. The lowest BCUT2D eigenvalue weighted by molar-refractivity contribution is -0.121. The van der Waals surface area contributed by atoms with E-state index in [4.69, 9.17) is 11.6 Å². The summed E-state index contributed by atoms with van der Waals surface area (Å²) in [5.41, 5.74) is 2.13. The number of thiophene rings is 1. The molecule has 1 unspecified atom stereocenters. The number of amides is 1. The van der Waals surface area contributed by atoms with Crippen LogP contribution in [0.4, 0.5) is 0 Å². The van der Waals surface area contributed by atoms with Gasteiger partial charge < -0.3 is 10.4 Å². The van der Waals surface area contributed by atoms with Gasteiger partial charge in [0.2, 0.25) is 5.91 Å². The highest BCUT2D eigenvalue weighted by Crippen LogP contribution is 2.26. The van der Waals surface area contributed by atoms with Crippen LogP contribution in [0.5, 0.6) is 0 Å². The number of aryl methyl sites for hydroxylation is 2. The first-order chi connectivity index (χ1) is 9.97. The van der Waals surface area contributed by atoms with E-state index in [1.165, 1.54) is 11.3 Å². The van der Waals surface area contributed by atoms with Gasteiger partial charge in [-0.05, 0) is 31.0 Å². The molecule has 2 heterocycles. The van der Waals surface area contributed by atoms with Gasteiger partial charge in [-0.25, -0.2) is 0 Å². The van der Waals surface area contributed by atoms with Crippen LogP contribution < -0.4 is 5.32 Å². The highest BCUT2D eigenvalue weighted by molar-refractivity contribution is 7.16. The molecule has 2 aromatic heterocycles. The molecule has 2 N–H and O–H groups in total. The topological polar surface area (TPSA) is 67.2 Å². The van der Waals surface area contributed by atoms with Crippen LogP contribution in [-0.4, -0.2) is 27.3 Å². The first-order valence-corrected chi connectivity index (χ1v) is 7.84. The van der Waals surface area contributed by atoms with E-state index < -0.39 is 6.10 Å². The molecule has 0 saturated heterocycles. The fraction of sp³-hybridized carbons (Fsp3) is 0.429. The number of nitrogens with zero attached hydrogens (tertiary/aromatic N) is 2. The van der Waals surface area contributed by atoms with Gasteiger partial charge in [-0.2, -0.15) is 5.10 Å². The lowest BCUT2D eigenvalue weighted by Crippen LogP contribution is -2.28. The predicted octanol–water partition coefficient (Wildman–Crippen LogP) is 2.23. The zero-order valence-electron chi connectivity index (χ0n) is 12.0. The van der Waals surface area contributed by atoms with E-state index in [1.54, 1.807) is 23.0 Å². The standard InChI is InChI=1S/C14H18ClN3O2S/c1-9-10(7-17-18(9)2)3-6-14(20)16-8-11(19)12-4-5-13(15)21-12/h4-5,7,11,19H,3,6,8H2,1-2H3,(H,16,20). The molecule has 0 fully saturated rings. The first-order valence-electron chi connectivity index (χ1n) is 6.65. The minimum Gasteiger partial charge on any atom is -0.386 e. The van der Waals surface area contributed by atoms with Gasteiger partial charge in [0.15, 0.2) is 0 Å². The van der Waals surface area contributed by atoms with Crippen LogP contribution >= 0.6 is 22.9 Å². The number of carbonyl (C=O) groups excluding carboxylic acids is 1. The van der Waals surface area contributed by atoms with Crippen LogP contribution in [0.15, 0.2) is 18.3 Å². The molecule has 0 bridgehead atoms. The van der Waals surface area contributed by atoms with Crippen LogP contribution in [0.2, 0.25) is 4.34 Å². The number of carbonyl (C=O) groups is 1. The summed E-state index contributed by atoms with van der Waals surface area (Å²) < 4.78 is 2.42. The summed E-state index contributed by atoms with van der Waals surface area (Å²) in [6.07, 6.45) is 2.09. The molecule has 114 valence electrons. The molecular formula is C14H18ClN3O2S. The summed E-state index contributed by atoms with van der Waals surface area (Å²) in [5, 5.41) is 16.8. The number of rotatable bonds is 6. The zero-order valence-corrected chi connectivity index (χ0v) is 13.5. The summed E-state index contributed by atoms with van der Waals surface area (Å²) in [6.45, 7) is 2.17. The summed E-state index contributed by atoms with van der Waals surface area (Å²) in [4.78, 5) is 12.6. The second kappa shape index (κ2) is 7.06. The number of hydrogen-bond acceptors (Lipinski definition) is 4. The Morgan fingerprint density at radius 2 is 2.33 bits per heavy atom. The maximum Gasteiger partial charge on any atom is 0.220 e. The van der Waals surface area contributed by atoms with Gasteiger partial charge in [0.25, 0.3) is 0 Å². The molecule has 7 heteroatoms. The summed E-state index contributed by atoms with van der Waals surface area (Å²) in [7, 11) is 1.88. The fourth-order valence-electron chi connectivity index (χ4n) is 1.94. The highest BCUT2D eigenvalue weighted by Gasteiger charge is 2.12. The van der Waals surface area contributed by atoms with Crippen molar-refractivity contribution >= 4 is 28.8 Å². The van der Waals surface area contributed by atoms with Gasteiger partial charge in [-0.15, -0.1) is 11.3 Å². The van der Waals surface area contributed by atoms with Crippen LogP contribution in [0.1, 0.15) is 28.7 Å². The Morgan fingerprint density at radius 1 is 1.57 bits per heavy atom. The Labute approximate surface area is 132 Å². The molecule has 5 nitrogen and oxygen atoms in total. The van der Waals surface area contributed by atoms with Crippen LogP contribution in [-0.2, 0) is 18.3 Å². The van der Waals surface area contributed by atoms with Gasteiger partial charge in [0.05, 0.1) is 10.5 Å². The second-order valence-electron chi connectivity index (χ2n) is 4.84. The largest absolute Gasteiger partial charge is 0.386 e. The summed E-state index contributed by atoms with van der Waals surface area (Å²) in [6, 6.07) is 3.50. The van der Waals surface area contributed by atoms with E-state index in [1.807, 2.05) is 14.0 Å². The number of aromatic nitrogens is 2. The molecule has 21 heavy (non-hydrogen) atoms. The molecule has 2 aromatic rings. The van der Waals surface area contributed by atoms with Crippen molar-refractivity contribution in [3.05, 3.63) is 38.8 Å². The molecule has 0 aliphatic rings. The summed E-state index contributed by atoms with van der Waals surface area (Å²) >= 11 is 7.13. The van der Waals surface area contributed by atoms with E-state index in [0.717, 1.165) is 16.1 Å². The molecule has 0 radical (unpaired) electrons. The van der Waals surface area contributed by atoms with Crippen molar-refractivity contribution in [2.75, 3.05) is 6.54 Å². The molecular weight excluding hydrogens is 310 g/mol. The van der Waals surface area contributed by atoms with E-state index in [0.29, 0.717) is 17.2 Å². The number of hydrogen-bond donors (Lipinski definition) is 2. The van der Waals surface area contributed by atoms with Gasteiger partial charge in [-0.1, -0.05) is 11.6 Å². The smallest absolute Gasteiger partial charge is 0.220 e. The molecule has 2 rings (SSSR count). The average Bonchev–Trinajstić information content (AvgIpc) is 3.02. The van der Waals surface area contributed by atoms with E-state index in [-0.39, 0.29) is 12.5 Å². The lowest BCUT2D eigenvalue weighted by Gasteiger charge is -2.10. The highest BCUT2D eigenvalue weighted by atomic mass is 35.5. The SMILES string of the molecule is Cc1c(CCC(=O)NCC(O)c2ccc(Cl)s2)cnn1C. The van der Waals surface area contributed by atoms with Crippen molar-refractivity contribution < 1.29 is 9.90 Å². The number of nitrogens with one attached hydrogen (secondary N) is 1. The fourth-order valence-corrected chi connectivity index (χ4v) is 2.99. The Hall–Kier alpha value is -1.37. The predicted molar refractivity (Wildman–Crippen MR) is 83.6 cm³/mol. The Kier molecular flexibility index (Phi) is 5.39. The van der Waals surface area contributed by atoms with Crippen molar-refractivity contribution in [1.82, 2.24) is 15.1 Å². The van der Waals surface area contributed by atoms with Crippen LogP contribution in [0, 0.1) is 6.92 Å². The Bertz CT molecular complexity index is 624. The number of halogens is 1. The Morgan fingerprint density at radius 3 is 2.90 bits per heavy atom. The minimum atomic E-state index is -0.716. The molecule has 0 aromatic carbocycles. The van der Waals surface area contributed by atoms with Crippen molar-refractivity contribution in [3.63, 3.8) is 0 Å². The van der Waals surface area contributed by atoms with E-state index in [9.17, 15) is 9.90 Å². The van der Waals surface area contributed by atoms with E-state index >= 15 is 0 Å². The molecule has 0 aliphatic heterocycles. The van der Waals surface area contributed by atoms with Gasteiger partial charge in [-0.3, -0.25) is 9.48 Å². The van der Waals surface area contributed by atoms with Crippen molar-refractivity contribution in [3.8, 4) is 0 Å². The maximum atomic E-state index is 11.8. The van der Waals surface area contributed by atoms with Crippen LogP contribution in [0.3, 0.4) is 0 Å². The third-order valence-electron chi connectivity index (χ3n) is 3.37. The first kappa shape index (κ1) is 16.0. The van der Waals surface area contributed by atoms with Crippen LogP contribution in [0.25, 0.3) is 0 Å². The molecule has 0 aliphatic carbocycles. The van der Waals surface area contributed by atoms with Gasteiger partial charge >= 0.3 is 0 Å². The third kappa shape index (κ3) is 4.30. The number of aliphatic hydroxyl groups excluding tert-OH is 1. The maximum absolute atomic E-state index is 11.8. The average molecular weight is 328 g/mol. The third-order valence-corrected chi connectivity index (χ3v) is 4.71. The molecule has 0 spiro atoms. The number of aliphatic hydroxyl groups is 1. The summed E-state index contributed by atoms with van der Waals surface area (Å²) in [5.74, 6) is -0.0834. The van der Waals surface area contributed by atoms with Gasteiger partial charge in [0, 0.05) is 30.6 Å². The van der Waals surface area contributed by atoms with Crippen molar-refractivity contribution in [2.24, 2.45) is 7.05 Å². The minimum absolute atomic E-state index is 0.0834. The quantitative estimate of drug-likeness (QED) is 0.855. The Balaban J connectivity index is 1.76. The second-order valence-corrected chi connectivity index (χ2v) is 6.59. The van der Waals surface area contributed by atoms with E-state index in [2.05, 4.69) is 10.4 Å². The normalized spacial score (nSPS) is 12.4. The molecule has 0 saturated carbocycles. The lowest BCUT2D eigenvalue weighted by atomic mass is 10.1. The van der Waals surface area contributed by atoms with Crippen molar-refractivity contribution in [1.29, 1.82) is 0 Å². The molecule has 1 amide bonds. The molecule has 1 atom stereocenters. The monoisotopic (exact) mass is 327 g/mol. The van der Waals surface area contributed by atoms with Gasteiger partial charge in [0.1, 0.15) is 6.10 Å². The van der Waals surface area contributed by atoms with Crippen molar-refractivity contribution in [2.45, 2.75) is 25.9 Å².